The fourth-order valence-corrected chi connectivity index (χ4v) is 2.59. The van der Waals surface area contributed by atoms with E-state index in [1.807, 2.05) is 16.9 Å². The van der Waals surface area contributed by atoms with E-state index in [2.05, 4.69) is 17.3 Å². The first-order valence-electron chi connectivity index (χ1n) is 7.27. The van der Waals surface area contributed by atoms with Crippen molar-refractivity contribution in [1.82, 2.24) is 15.1 Å². The first kappa shape index (κ1) is 13.3. The standard InChI is InChI=1S/C16H20FN3/c1-2-18-9-14-10-19-20(16(14)13-6-7-13)11-12-4-3-5-15(17)8-12/h3-5,8,10,13,18H,2,6-7,9,11H2,1H3. The average molecular weight is 273 g/mol. The summed E-state index contributed by atoms with van der Waals surface area (Å²) in [7, 11) is 0. The molecule has 1 heterocycles. The van der Waals surface area contributed by atoms with Crippen LogP contribution in [0.4, 0.5) is 4.39 Å². The van der Waals surface area contributed by atoms with E-state index in [0.717, 1.165) is 18.7 Å². The van der Waals surface area contributed by atoms with Gasteiger partial charge in [0, 0.05) is 23.7 Å². The number of hydrogen-bond acceptors (Lipinski definition) is 2. The van der Waals surface area contributed by atoms with E-state index in [4.69, 9.17) is 0 Å². The van der Waals surface area contributed by atoms with Gasteiger partial charge in [0.1, 0.15) is 5.82 Å². The number of halogens is 1. The molecule has 0 spiro atoms. The van der Waals surface area contributed by atoms with Crippen LogP contribution in [0.5, 0.6) is 0 Å². The minimum Gasteiger partial charge on any atom is -0.313 e. The zero-order chi connectivity index (χ0) is 13.9. The van der Waals surface area contributed by atoms with Gasteiger partial charge in [0.05, 0.1) is 12.7 Å². The number of nitrogens with zero attached hydrogens (tertiary/aromatic N) is 2. The van der Waals surface area contributed by atoms with Gasteiger partial charge in [-0.15, -0.1) is 0 Å². The van der Waals surface area contributed by atoms with E-state index in [1.54, 1.807) is 12.1 Å². The van der Waals surface area contributed by atoms with Gasteiger partial charge >= 0.3 is 0 Å². The number of benzene rings is 1. The molecule has 1 N–H and O–H groups in total. The highest BCUT2D eigenvalue weighted by molar-refractivity contribution is 5.27. The van der Waals surface area contributed by atoms with E-state index in [-0.39, 0.29) is 5.82 Å². The van der Waals surface area contributed by atoms with E-state index >= 15 is 0 Å². The molecule has 1 aliphatic carbocycles. The minimum atomic E-state index is -0.185. The van der Waals surface area contributed by atoms with Gasteiger partial charge in [0.2, 0.25) is 0 Å². The van der Waals surface area contributed by atoms with Crippen molar-refractivity contribution in [3.63, 3.8) is 0 Å². The molecule has 0 saturated heterocycles. The zero-order valence-corrected chi connectivity index (χ0v) is 11.8. The first-order valence-corrected chi connectivity index (χ1v) is 7.27. The topological polar surface area (TPSA) is 29.9 Å². The Morgan fingerprint density at radius 2 is 2.25 bits per heavy atom. The van der Waals surface area contributed by atoms with Gasteiger partial charge in [-0.1, -0.05) is 19.1 Å². The summed E-state index contributed by atoms with van der Waals surface area (Å²) < 4.78 is 15.3. The van der Waals surface area contributed by atoms with E-state index in [0.29, 0.717) is 12.5 Å². The molecular weight excluding hydrogens is 253 g/mol. The third-order valence-corrected chi connectivity index (χ3v) is 3.71. The second kappa shape index (κ2) is 5.75. The lowest BCUT2D eigenvalue weighted by atomic mass is 10.1. The van der Waals surface area contributed by atoms with Crippen LogP contribution < -0.4 is 5.32 Å². The third-order valence-electron chi connectivity index (χ3n) is 3.71. The average Bonchev–Trinajstić information content (AvgIpc) is 3.19. The van der Waals surface area contributed by atoms with E-state index in [9.17, 15) is 4.39 Å². The molecule has 0 unspecified atom stereocenters. The van der Waals surface area contributed by atoms with Crippen LogP contribution in [0.25, 0.3) is 0 Å². The number of nitrogens with one attached hydrogen (secondary N) is 1. The molecule has 0 atom stereocenters. The van der Waals surface area contributed by atoms with Gasteiger partial charge in [-0.3, -0.25) is 4.68 Å². The summed E-state index contributed by atoms with van der Waals surface area (Å²) >= 11 is 0. The molecule has 3 rings (SSSR count). The van der Waals surface area contributed by atoms with Crippen molar-refractivity contribution >= 4 is 0 Å². The molecule has 0 radical (unpaired) electrons. The maximum absolute atomic E-state index is 13.3. The lowest BCUT2D eigenvalue weighted by Gasteiger charge is -2.09. The molecule has 1 aliphatic rings. The quantitative estimate of drug-likeness (QED) is 0.876. The summed E-state index contributed by atoms with van der Waals surface area (Å²) in [4.78, 5) is 0. The summed E-state index contributed by atoms with van der Waals surface area (Å²) in [6.07, 6.45) is 4.44. The minimum absolute atomic E-state index is 0.185. The number of hydrogen-bond donors (Lipinski definition) is 1. The van der Waals surface area contributed by atoms with Gasteiger partial charge < -0.3 is 5.32 Å². The predicted molar refractivity (Wildman–Crippen MR) is 77.1 cm³/mol. The van der Waals surface area contributed by atoms with Crippen molar-refractivity contribution in [2.45, 2.75) is 38.8 Å². The smallest absolute Gasteiger partial charge is 0.123 e. The van der Waals surface area contributed by atoms with Gasteiger partial charge in [0.25, 0.3) is 0 Å². The first-order chi connectivity index (χ1) is 9.78. The maximum Gasteiger partial charge on any atom is 0.123 e. The Labute approximate surface area is 118 Å². The maximum atomic E-state index is 13.3. The molecule has 0 aliphatic heterocycles. The number of rotatable bonds is 6. The summed E-state index contributed by atoms with van der Waals surface area (Å²) in [6.45, 7) is 4.58. The van der Waals surface area contributed by atoms with Crippen LogP contribution in [-0.2, 0) is 13.1 Å². The van der Waals surface area contributed by atoms with Gasteiger partial charge in [0.15, 0.2) is 0 Å². The van der Waals surface area contributed by atoms with Crippen LogP contribution in [0.3, 0.4) is 0 Å². The van der Waals surface area contributed by atoms with Crippen molar-refractivity contribution in [3.05, 3.63) is 53.1 Å². The van der Waals surface area contributed by atoms with Gasteiger partial charge in [-0.05, 0) is 37.1 Å². The Kier molecular flexibility index (Phi) is 3.83. The Bertz CT molecular complexity index is 587. The fourth-order valence-electron chi connectivity index (χ4n) is 2.59. The molecule has 20 heavy (non-hydrogen) atoms. The third kappa shape index (κ3) is 2.90. The molecule has 4 heteroatoms. The Morgan fingerprint density at radius 1 is 1.40 bits per heavy atom. The second-order valence-corrected chi connectivity index (χ2v) is 5.40. The number of aromatic nitrogens is 2. The molecule has 1 saturated carbocycles. The van der Waals surface area contributed by atoms with Crippen LogP contribution in [0, 0.1) is 5.82 Å². The van der Waals surface area contributed by atoms with Gasteiger partial charge in [-0.2, -0.15) is 5.10 Å². The van der Waals surface area contributed by atoms with Crippen molar-refractivity contribution < 1.29 is 4.39 Å². The van der Waals surface area contributed by atoms with Crippen LogP contribution in [0.1, 0.15) is 42.5 Å². The lowest BCUT2D eigenvalue weighted by molar-refractivity contribution is 0.611. The van der Waals surface area contributed by atoms with Crippen LogP contribution in [0.15, 0.2) is 30.5 Å². The second-order valence-electron chi connectivity index (χ2n) is 5.40. The summed E-state index contributed by atoms with van der Waals surface area (Å²) in [5.74, 6) is 0.454. The summed E-state index contributed by atoms with van der Waals surface area (Å²) in [5.41, 5.74) is 3.57. The summed E-state index contributed by atoms with van der Waals surface area (Å²) in [6, 6.07) is 6.77. The summed E-state index contributed by atoms with van der Waals surface area (Å²) in [5, 5.41) is 7.87. The highest BCUT2D eigenvalue weighted by Gasteiger charge is 2.29. The fraction of sp³-hybridized carbons (Fsp3) is 0.438. The van der Waals surface area contributed by atoms with Crippen molar-refractivity contribution in [2.75, 3.05) is 6.54 Å². The Morgan fingerprint density at radius 3 is 2.95 bits per heavy atom. The van der Waals surface area contributed by atoms with E-state index in [1.165, 1.54) is 30.2 Å². The molecule has 1 fully saturated rings. The van der Waals surface area contributed by atoms with Crippen molar-refractivity contribution in [3.8, 4) is 0 Å². The highest BCUT2D eigenvalue weighted by atomic mass is 19.1. The van der Waals surface area contributed by atoms with Gasteiger partial charge in [-0.25, -0.2) is 4.39 Å². The SMILES string of the molecule is CCNCc1cnn(Cc2cccc(F)c2)c1C1CC1. The lowest BCUT2D eigenvalue weighted by Crippen LogP contribution is -2.14. The van der Waals surface area contributed by atoms with E-state index < -0.39 is 0 Å². The predicted octanol–water partition coefficient (Wildman–Crippen LogP) is 3.06. The molecule has 1 aromatic heterocycles. The van der Waals surface area contributed by atoms with Crippen molar-refractivity contribution in [2.24, 2.45) is 0 Å². The van der Waals surface area contributed by atoms with Crippen molar-refractivity contribution in [1.29, 1.82) is 0 Å². The van der Waals surface area contributed by atoms with Crippen LogP contribution in [0.2, 0.25) is 0 Å². The highest BCUT2D eigenvalue weighted by Crippen LogP contribution is 2.41. The molecule has 2 aromatic rings. The van der Waals surface area contributed by atoms with Crippen LogP contribution >= 0.6 is 0 Å². The molecule has 0 bridgehead atoms. The molecule has 0 amide bonds. The molecule has 1 aromatic carbocycles. The largest absolute Gasteiger partial charge is 0.313 e. The molecule has 106 valence electrons. The monoisotopic (exact) mass is 273 g/mol. The zero-order valence-electron chi connectivity index (χ0n) is 11.8. The molecular formula is C16H20FN3. The molecule has 3 nitrogen and oxygen atoms in total. The van der Waals surface area contributed by atoms with Crippen LogP contribution in [-0.4, -0.2) is 16.3 Å². The normalized spacial score (nSPS) is 14.7. The Hall–Kier alpha value is -1.68. The Balaban J connectivity index is 1.83.